The maximum Gasteiger partial charge on any atom is 0.227 e. The highest BCUT2D eigenvalue weighted by atomic mass is 32.1. The molecule has 3 N–H and O–H groups in total. The summed E-state index contributed by atoms with van der Waals surface area (Å²) in [6.07, 6.45) is 1.67. The average Bonchev–Trinajstić information content (AvgIpc) is 3.06. The molecule has 0 radical (unpaired) electrons. The Morgan fingerprint density at radius 3 is 2.46 bits per heavy atom. The second-order valence-corrected chi connectivity index (χ2v) is 6.52. The van der Waals surface area contributed by atoms with Crippen molar-refractivity contribution in [3.63, 3.8) is 0 Å². The number of nitrogen functional groups attached to an aromatic ring is 1. The van der Waals surface area contributed by atoms with Crippen LogP contribution in [0.1, 0.15) is 0 Å². The standard InChI is InChI=1S/C19H14FN5S/c20-13-6-8-14(9-7-13)23-19-22-11-10-15(24-19)17-16(25-18(21)26-17)12-4-2-1-3-5-12/h1-11H,(H2,21,25)(H,22,23,24). The molecule has 4 rings (SSSR count). The van der Waals surface area contributed by atoms with E-state index in [1.165, 1.54) is 23.5 Å². The first-order valence-corrected chi connectivity index (χ1v) is 8.68. The summed E-state index contributed by atoms with van der Waals surface area (Å²) >= 11 is 1.38. The van der Waals surface area contributed by atoms with E-state index in [9.17, 15) is 4.39 Å². The van der Waals surface area contributed by atoms with Crippen molar-refractivity contribution in [2.45, 2.75) is 0 Å². The Kier molecular flexibility index (Phi) is 4.28. The van der Waals surface area contributed by atoms with Gasteiger partial charge in [-0.25, -0.2) is 19.3 Å². The highest BCUT2D eigenvalue weighted by Crippen LogP contribution is 2.37. The molecule has 0 aliphatic carbocycles. The molecule has 2 heterocycles. The van der Waals surface area contributed by atoms with Gasteiger partial charge < -0.3 is 11.1 Å². The molecule has 7 heteroatoms. The van der Waals surface area contributed by atoms with Crippen molar-refractivity contribution >= 4 is 28.1 Å². The van der Waals surface area contributed by atoms with Crippen LogP contribution in [0.2, 0.25) is 0 Å². The van der Waals surface area contributed by atoms with Gasteiger partial charge in [0.1, 0.15) is 5.82 Å². The van der Waals surface area contributed by atoms with Crippen LogP contribution in [-0.4, -0.2) is 15.0 Å². The van der Waals surface area contributed by atoms with Crippen LogP contribution in [0.15, 0.2) is 66.9 Å². The van der Waals surface area contributed by atoms with E-state index in [2.05, 4.69) is 20.3 Å². The van der Waals surface area contributed by atoms with Crippen molar-refractivity contribution in [1.82, 2.24) is 15.0 Å². The van der Waals surface area contributed by atoms with Crippen LogP contribution in [0.4, 0.5) is 21.2 Å². The minimum atomic E-state index is -0.294. The third-order valence-corrected chi connectivity index (χ3v) is 4.59. The number of rotatable bonds is 4. The van der Waals surface area contributed by atoms with E-state index in [4.69, 9.17) is 5.73 Å². The molecule has 0 aliphatic rings. The Balaban J connectivity index is 1.70. The van der Waals surface area contributed by atoms with Crippen molar-refractivity contribution in [2.24, 2.45) is 0 Å². The summed E-state index contributed by atoms with van der Waals surface area (Å²) in [6.45, 7) is 0. The average molecular weight is 363 g/mol. The van der Waals surface area contributed by atoms with E-state index in [1.807, 2.05) is 36.4 Å². The molecular weight excluding hydrogens is 349 g/mol. The molecule has 0 bridgehead atoms. The van der Waals surface area contributed by atoms with E-state index in [-0.39, 0.29) is 5.82 Å². The first kappa shape index (κ1) is 16.2. The zero-order chi connectivity index (χ0) is 17.9. The highest BCUT2D eigenvalue weighted by molar-refractivity contribution is 7.19. The Morgan fingerprint density at radius 1 is 0.923 bits per heavy atom. The van der Waals surface area contributed by atoms with E-state index in [0.29, 0.717) is 16.8 Å². The Labute approximate surface area is 153 Å². The fraction of sp³-hybridized carbons (Fsp3) is 0. The summed E-state index contributed by atoms with van der Waals surface area (Å²) in [5, 5.41) is 3.55. The van der Waals surface area contributed by atoms with Crippen molar-refractivity contribution in [1.29, 1.82) is 0 Å². The predicted molar refractivity (Wildman–Crippen MR) is 103 cm³/mol. The molecule has 5 nitrogen and oxygen atoms in total. The van der Waals surface area contributed by atoms with Gasteiger partial charge in [0.05, 0.1) is 16.3 Å². The quantitative estimate of drug-likeness (QED) is 0.548. The molecular formula is C19H14FN5S. The molecule has 4 aromatic rings. The number of halogens is 1. The minimum Gasteiger partial charge on any atom is -0.375 e. The van der Waals surface area contributed by atoms with E-state index < -0.39 is 0 Å². The van der Waals surface area contributed by atoms with Gasteiger partial charge in [0.2, 0.25) is 5.95 Å². The number of hydrogen-bond acceptors (Lipinski definition) is 6. The smallest absolute Gasteiger partial charge is 0.227 e. The van der Waals surface area contributed by atoms with Crippen LogP contribution in [0.25, 0.3) is 21.8 Å². The van der Waals surface area contributed by atoms with Gasteiger partial charge in [-0.1, -0.05) is 41.7 Å². The summed E-state index contributed by atoms with van der Waals surface area (Å²) in [5.41, 5.74) is 9.13. The van der Waals surface area contributed by atoms with E-state index >= 15 is 0 Å². The number of hydrogen-bond donors (Lipinski definition) is 2. The zero-order valence-corrected chi connectivity index (χ0v) is 14.4. The lowest BCUT2D eigenvalue weighted by Crippen LogP contribution is -1.97. The van der Waals surface area contributed by atoms with Crippen LogP contribution in [0, 0.1) is 5.82 Å². The van der Waals surface area contributed by atoms with Crippen LogP contribution >= 0.6 is 11.3 Å². The van der Waals surface area contributed by atoms with Crippen molar-refractivity contribution in [2.75, 3.05) is 11.1 Å². The van der Waals surface area contributed by atoms with Gasteiger partial charge >= 0.3 is 0 Å². The van der Waals surface area contributed by atoms with Crippen LogP contribution < -0.4 is 11.1 Å². The zero-order valence-electron chi connectivity index (χ0n) is 13.6. The van der Waals surface area contributed by atoms with Gasteiger partial charge in [-0.2, -0.15) is 0 Å². The normalized spacial score (nSPS) is 10.7. The van der Waals surface area contributed by atoms with Crippen molar-refractivity contribution < 1.29 is 4.39 Å². The molecule has 128 valence electrons. The summed E-state index contributed by atoms with van der Waals surface area (Å²) in [7, 11) is 0. The van der Waals surface area contributed by atoms with Gasteiger partial charge in [0.15, 0.2) is 5.13 Å². The predicted octanol–water partition coefficient (Wildman–Crippen LogP) is 4.73. The molecule has 2 aromatic heterocycles. The summed E-state index contributed by atoms with van der Waals surface area (Å²) in [6, 6.07) is 17.7. The topological polar surface area (TPSA) is 76.7 Å². The minimum absolute atomic E-state index is 0.294. The number of nitrogens with zero attached hydrogens (tertiary/aromatic N) is 3. The third kappa shape index (κ3) is 3.38. The molecule has 0 saturated carbocycles. The maximum absolute atomic E-state index is 13.0. The largest absolute Gasteiger partial charge is 0.375 e. The highest BCUT2D eigenvalue weighted by Gasteiger charge is 2.15. The Bertz CT molecular complexity index is 1030. The number of benzene rings is 2. The maximum atomic E-state index is 13.0. The molecule has 2 aromatic carbocycles. The number of nitrogens with two attached hydrogens (primary N) is 1. The SMILES string of the molecule is Nc1nc(-c2ccccc2)c(-c2ccnc(Nc3ccc(F)cc3)n2)s1. The number of thiazole rings is 1. The molecule has 0 spiro atoms. The Morgan fingerprint density at radius 2 is 1.69 bits per heavy atom. The molecule has 0 amide bonds. The fourth-order valence-corrected chi connectivity index (χ4v) is 3.33. The van der Waals surface area contributed by atoms with Crippen molar-refractivity contribution in [3.05, 3.63) is 72.7 Å². The second-order valence-electron chi connectivity index (χ2n) is 5.49. The lowest BCUT2D eigenvalue weighted by molar-refractivity contribution is 0.628. The monoisotopic (exact) mass is 363 g/mol. The summed E-state index contributed by atoms with van der Waals surface area (Å²) in [5.74, 6) is 0.123. The lowest BCUT2D eigenvalue weighted by Gasteiger charge is -2.07. The van der Waals surface area contributed by atoms with Crippen LogP contribution in [-0.2, 0) is 0 Å². The molecule has 0 saturated heterocycles. The van der Waals surface area contributed by atoms with Crippen LogP contribution in [0.3, 0.4) is 0 Å². The van der Waals surface area contributed by atoms with Crippen LogP contribution in [0.5, 0.6) is 0 Å². The third-order valence-electron chi connectivity index (χ3n) is 3.68. The molecule has 0 aliphatic heterocycles. The Hall–Kier alpha value is -3.32. The van der Waals surface area contributed by atoms with E-state index in [1.54, 1.807) is 18.3 Å². The van der Waals surface area contributed by atoms with Gasteiger partial charge in [-0.15, -0.1) is 0 Å². The first-order valence-electron chi connectivity index (χ1n) is 7.87. The fourth-order valence-electron chi connectivity index (χ4n) is 2.51. The number of nitrogens with one attached hydrogen (secondary N) is 1. The van der Waals surface area contributed by atoms with Gasteiger partial charge in [0, 0.05) is 17.4 Å². The van der Waals surface area contributed by atoms with Crippen molar-refractivity contribution in [3.8, 4) is 21.8 Å². The number of aromatic nitrogens is 3. The second kappa shape index (κ2) is 6.89. The molecule has 26 heavy (non-hydrogen) atoms. The summed E-state index contributed by atoms with van der Waals surface area (Å²) < 4.78 is 13.0. The van der Waals surface area contributed by atoms with Gasteiger partial charge in [-0.3, -0.25) is 0 Å². The molecule has 0 unspecified atom stereocenters. The van der Waals surface area contributed by atoms with E-state index in [0.717, 1.165) is 21.8 Å². The lowest BCUT2D eigenvalue weighted by atomic mass is 10.1. The molecule has 0 fully saturated rings. The summed E-state index contributed by atoms with van der Waals surface area (Å²) in [4.78, 5) is 14.1. The van der Waals surface area contributed by atoms with Gasteiger partial charge in [0.25, 0.3) is 0 Å². The molecule has 0 atom stereocenters. The number of anilines is 3. The first-order chi connectivity index (χ1) is 12.7. The van der Waals surface area contributed by atoms with Gasteiger partial charge in [-0.05, 0) is 30.3 Å².